The number of carbonyl (C=O) groups is 1. The van der Waals surface area contributed by atoms with Gasteiger partial charge in [-0.1, -0.05) is 22.9 Å². The van der Waals surface area contributed by atoms with Crippen LogP contribution >= 0.6 is 15.9 Å². The Morgan fingerprint density at radius 1 is 1.50 bits per heavy atom. The number of alkyl halides is 1. The van der Waals surface area contributed by atoms with E-state index in [1.165, 1.54) is 0 Å². The maximum atomic E-state index is 11.1. The molecule has 0 aliphatic rings. The van der Waals surface area contributed by atoms with Crippen LogP contribution in [0.2, 0.25) is 0 Å². The van der Waals surface area contributed by atoms with Gasteiger partial charge in [0, 0.05) is 25.5 Å². The Bertz CT molecular complexity index is 150. The minimum Gasteiger partial charge on any atom is -0.465 e. The van der Waals surface area contributed by atoms with Crippen LogP contribution in [0.3, 0.4) is 0 Å². The van der Waals surface area contributed by atoms with Crippen molar-refractivity contribution in [1.82, 2.24) is 0 Å². The second kappa shape index (κ2) is 9.46. The lowest BCUT2D eigenvalue weighted by Crippen LogP contribution is -2.13. The summed E-state index contributed by atoms with van der Waals surface area (Å²) in [6.07, 6.45) is 2.27. The van der Waals surface area contributed by atoms with E-state index in [0.717, 1.165) is 24.8 Å². The summed E-state index contributed by atoms with van der Waals surface area (Å²) in [4.78, 5) is 11.1. The molecule has 0 heterocycles. The highest BCUT2D eigenvalue weighted by atomic mass is 79.9. The average molecular weight is 267 g/mol. The Morgan fingerprint density at radius 2 is 2.21 bits per heavy atom. The molecule has 0 aliphatic carbocycles. The monoisotopic (exact) mass is 266 g/mol. The van der Waals surface area contributed by atoms with Crippen LogP contribution in [0.15, 0.2) is 0 Å². The van der Waals surface area contributed by atoms with E-state index in [-0.39, 0.29) is 5.97 Å². The van der Waals surface area contributed by atoms with Crippen molar-refractivity contribution in [3.05, 3.63) is 0 Å². The van der Waals surface area contributed by atoms with Gasteiger partial charge in [-0.2, -0.15) is 0 Å². The lowest BCUT2D eigenvalue weighted by atomic mass is 10.1. The van der Waals surface area contributed by atoms with Crippen LogP contribution in [0.25, 0.3) is 0 Å². The molecular formula is C10H19BrO3. The zero-order chi connectivity index (χ0) is 10.8. The molecule has 3 nitrogen and oxygen atoms in total. The fourth-order valence-corrected chi connectivity index (χ4v) is 1.20. The van der Waals surface area contributed by atoms with Gasteiger partial charge < -0.3 is 9.47 Å². The summed E-state index contributed by atoms with van der Waals surface area (Å²) in [5, 5.41) is 0.849. The Balaban J connectivity index is 3.36. The molecule has 0 aliphatic heterocycles. The van der Waals surface area contributed by atoms with Gasteiger partial charge in [0.2, 0.25) is 0 Å². The van der Waals surface area contributed by atoms with Crippen molar-refractivity contribution in [3.8, 4) is 0 Å². The molecule has 0 aromatic heterocycles. The largest absolute Gasteiger partial charge is 0.465 e. The van der Waals surface area contributed by atoms with E-state index in [2.05, 4.69) is 22.9 Å². The molecule has 4 heteroatoms. The van der Waals surface area contributed by atoms with Gasteiger partial charge in [-0.05, 0) is 18.8 Å². The number of esters is 1. The summed E-state index contributed by atoms with van der Waals surface area (Å²) in [5.41, 5.74) is 0. The highest BCUT2D eigenvalue weighted by molar-refractivity contribution is 9.09. The van der Waals surface area contributed by atoms with Crippen molar-refractivity contribution in [2.45, 2.75) is 26.2 Å². The summed E-state index contributed by atoms with van der Waals surface area (Å²) in [5.74, 6) is 0.275. The van der Waals surface area contributed by atoms with Gasteiger partial charge in [-0.3, -0.25) is 4.79 Å². The first-order chi connectivity index (χ1) is 6.70. The SMILES string of the molecule is COCCC(C)COC(=O)CCCBr. The van der Waals surface area contributed by atoms with E-state index in [0.29, 0.717) is 18.9 Å². The molecule has 0 bridgehead atoms. The van der Waals surface area contributed by atoms with Gasteiger partial charge in [-0.25, -0.2) is 0 Å². The smallest absolute Gasteiger partial charge is 0.305 e. The minimum atomic E-state index is -0.103. The van der Waals surface area contributed by atoms with E-state index in [9.17, 15) is 4.79 Å². The second-order valence-electron chi connectivity index (χ2n) is 3.36. The maximum absolute atomic E-state index is 11.1. The quantitative estimate of drug-likeness (QED) is 0.500. The number of carbonyl (C=O) groups excluding carboxylic acids is 1. The highest BCUT2D eigenvalue weighted by Crippen LogP contribution is 2.04. The van der Waals surface area contributed by atoms with Crippen LogP contribution in [0.5, 0.6) is 0 Å². The number of hydrogen-bond donors (Lipinski definition) is 0. The van der Waals surface area contributed by atoms with Gasteiger partial charge in [0.05, 0.1) is 6.61 Å². The Morgan fingerprint density at radius 3 is 2.79 bits per heavy atom. The van der Waals surface area contributed by atoms with Crippen molar-refractivity contribution >= 4 is 21.9 Å². The molecule has 0 amide bonds. The zero-order valence-corrected chi connectivity index (χ0v) is 10.5. The molecule has 0 aromatic rings. The third-order valence-electron chi connectivity index (χ3n) is 1.86. The van der Waals surface area contributed by atoms with Crippen molar-refractivity contribution in [1.29, 1.82) is 0 Å². The van der Waals surface area contributed by atoms with Crippen molar-refractivity contribution < 1.29 is 14.3 Å². The Labute approximate surface area is 94.3 Å². The van der Waals surface area contributed by atoms with E-state index in [1.54, 1.807) is 7.11 Å². The summed E-state index contributed by atoms with van der Waals surface area (Å²) in [7, 11) is 1.68. The molecule has 0 spiro atoms. The number of halogens is 1. The summed E-state index contributed by atoms with van der Waals surface area (Å²) in [6.45, 7) is 3.28. The van der Waals surface area contributed by atoms with E-state index < -0.39 is 0 Å². The first kappa shape index (κ1) is 13.9. The van der Waals surface area contributed by atoms with Crippen molar-refractivity contribution in [2.75, 3.05) is 25.7 Å². The molecule has 0 aromatic carbocycles. The Hall–Kier alpha value is -0.0900. The Kier molecular flexibility index (Phi) is 9.40. The standard InChI is InChI=1S/C10H19BrO3/c1-9(5-7-13-2)8-14-10(12)4-3-6-11/h9H,3-8H2,1-2H3. The fourth-order valence-electron chi connectivity index (χ4n) is 0.921. The number of rotatable bonds is 8. The first-order valence-corrected chi connectivity index (χ1v) is 6.03. The third-order valence-corrected chi connectivity index (χ3v) is 2.42. The van der Waals surface area contributed by atoms with Gasteiger partial charge >= 0.3 is 5.97 Å². The highest BCUT2D eigenvalue weighted by Gasteiger charge is 2.06. The lowest BCUT2D eigenvalue weighted by Gasteiger charge is -2.11. The second-order valence-corrected chi connectivity index (χ2v) is 4.16. The fraction of sp³-hybridized carbons (Fsp3) is 0.900. The number of methoxy groups -OCH3 is 1. The molecule has 0 rings (SSSR count). The number of ether oxygens (including phenoxy) is 2. The predicted octanol–water partition coefficient (Wildman–Crippen LogP) is 2.38. The van der Waals surface area contributed by atoms with Crippen molar-refractivity contribution in [3.63, 3.8) is 0 Å². The van der Waals surface area contributed by atoms with Crippen molar-refractivity contribution in [2.24, 2.45) is 5.92 Å². The van der Waals surface area contributed by atoms with Gasteiger partial charge in [0.25, 0.3) is 0 Å². The molecule has 0 N–H and O–H groups in total. The van der Waals surface area contributed by atoms with Crippen LogP contribution < -0.4 is 0 Å². The normalized spacial score (nSPS) is 12.5. The topological polar surface area (TPSA) is 35.5 Å². The molecule has 0 saturated carbocycles. The zero-order valence-electron chi connectivity index (χ0n) is 8.92. The molecule has 0 saturated heterocycles. The van der Waals surface area contributed by atoms with E-state index in [1.807, 2.05) is 0 Å². The first-order valence-electron chi connectivity index (χ1n) is 4.91. The predicted molar refractivity (Wildman–Crippen MR) is 59.6 cm³/mol. The van der Waals surface area contributed by atoms with Crippen LogP contribution in [0, 0.1) is 5.92 Å². The molecular weight excluding hydrogens is 248 g/mol. The molecule has 1 unspecified atom stereocenters. The molecule has 14 heavy (non-hydrogen) atoms. The minimum absolute atomic E-state index is 0.103. The summed E-state index contributed by atoms with van der Waals surface area (Å²) in [6, 6.07) is 0. The van der Waals surface area contributed by atoms with Crippen LogP contribution in [0.4, 0.5) is 0 Å². The van der Waals surface area contributed by atoms with Gasteiger partial charge in [-0.15, -0.1) is 0 Å². The van der Waals surface area contributed by atoms with Crippen LogP contribution in [-0.4, -0.2) is 31.6 Å². The molecule has 1 atom stereocenters. The lowest BCUT2D eigenvalue weighted by molar-refractivity contribution is -0.145. The van der Waals surface area contributed by atoms with Gasteiger partial charge in [0.1, 0.15) is 0 Å². The summed E-state index contributed by atoms with van der Waals surface area (Å²) < 4.78 is 10.0. The van der Waals surface area contributed by atoms with E-state index >= 15 is 0 Å². The number of hydrogen-bond acceptors (Lipinski definition) is 3. The summed E-state index contributed by atoms with van der Waals surface area (Å²) >= 11 is 3.27. The van der Waals surface area contributed by atoms with Crippen LogP contribution in [0.1, 0.15) is 26.2 Å². The molecule has 0 radical (unpaired) electrons. The van der Waals surface area contributed by atoms with Crippen LogP contribution in [-0.2, 0) is 14.3 Å². The molecule has 84 valence electrons. The van der Waals surface area contributed by atoms with Gasteiger partial charge in [0.15, 0.2) is 0 Å². The maximum Gasteiger partial charge on any atom is 0.305 e. The third kappa shape index (κ3) is 8.51. The van der Waals surface area contributed by atoms with E-state index in [4.69, 9.17) is 9.47 Å². The molecule has 0 fully saturated rings. The average Bonchev–Trinajstić information content (AvgIpc) is 2.20.